The number of carbonyl (C=O) groups excluding carboxylic acids is 1. The second-order valence-electron chi connectivity index (χ2n) is 5.33. The lowest BCUT2D eigenvalue weighted by Gasteiger charge is -2.08. The highest BCUT2D eigenvalue weighted by Crippen LogP contribution is 2.26. The first-order chi connectivity index (χ1) is 12.6. The molecular formula is C19H15ClN2O4. The van der Waals surface area contributed by atoms with Crippen LogP contribution in [0, 0.1) is 18.3 Å². The molecule has 0 radical (unpaired) electrons. The van der Waals surface area contributed by atoms with Crippen molar-refractivity contribution in [1.82, 2.24) is 4.57 Å². The molecule has 7 heteroatoms. The van der Waals surface area contributed by atoms with Gasteiger partial charge in [-0.2, -0.15) is 5.26 Å². The number of hydrogen-bond donors (Lipinski definition) is 0. The molecule has 0 unspecified atom stereocenters. The topological polar surface area (TPSA) is 77.4 Å². The van der Waals surface area contributed by atoms with Crippen LogP contribution in [0.1, 0.15) is 21.7 Å². The quantitative estimate of drug-likeness (QED) is 0.481. The van der Waals surface area contributed by atoms with Gasteiger partial charge < -0.3 is 13.9 Å². The average Bonchev–Trinajstić information content (AvgIpc) is 3.27. The van der Waals surface area contributed by atoms with Crippen molar-refractivity contribution in [3.63, 3.8) is 0 Å². The summed E-state index contributed by atoms with van der Waals surface area (Å²) in [5.41, 5.74) is 0.254. The summed E-state index contributed by atoms with van der Waals surface area (Å²) in [6.07, 6.45) is 3.46. The zero-order chi connectivity index (χ0) is 18.5. The van der Waals surface area contributed by atoms with E-state index in [2.05, 4.69) is 0 Å². The van der Waals surface area contributed by atoms with Crippen LogP contribution in [0.25, 0.3) is 5.88 Å². The van der Waals surface area contributed by atoms with E-state index in [-0.39, 0.29) is 30.2 Å². The van der Waals surface area contributed by atoms with Crippen LogP contribution in [0.3, 0.4) is 0 Å². The highest BCUT2D eigenvalue weighted by molar-refractivity contribution is 6.32. The van der Waals surface area contributed by atoms with E-state index in [9.17, 15) is 10.1 Å². The third-order valence-electron chi connectivity index (χ3n) is 3.63. The maximum Gasteiger partial charge on any atom is 0.343 e. The average molecular weight is 371 g/mol. The van der Waals surface area contributed by atoms with Crippen molar-refractivity contribution < 1.29 is 18.7 Å². The number of benzene rings is 1. The largest absolute Gasteiger partial charge is 0.488 e. The number of ether oxygens (including phenoxy) is 2. The molecule has 6 nitrogen and oxygen atoms in total. The lowest BCUT2D eigenvalue weighted by Crippen LogP contribution is -2.13. The normalized spacial score (nSPS) is 10.3. The van der Waals surface area contributed by atoms with Gasteiger partial charge in [-0.25, -0.2) is 4.79 Å². The summed E-state index contributed by atoms with van der Waals surface area (Å²) >= 11 is 5.99. The van der Waals surface area contributed by atoms with Crippen LogP contribution in [0.15, 0.2) is 53.2 Å². The molecule has 26 heavy (non-hydrogen) atoms. The second-order valence-corrected chi connectivity index (χ2v) is 5.74. The molecule has 1 aromatic carbocycles. The summed E-state index contributed by atoms with van der Waals surface area (Å²) in [6.45, 7) is 1.77. The van der Waals surface area contributed by atoms with Gasteiger partial charge in [0.1, 0.15) is 41.9 Å². The molecule has 0 aliphatic carbocycles. The third-order valence-corrected chi connectivity index (χ3v) is 3.94. The van der Waals surface area contributed by atoms with Gasteiger partial charge in [-0.1, -0.05) is 23.7 Å². The second kappa shape index (κ2) is 7.81. The SMILES string of the molecule is Cc1oc(-n2cccc2)c(C#N)c1C(=O)OCCOc1ccccc1Cl. The fourth-order valence-corrected chi connectivity index (χ4v) is 2.64. The van der Waals surface area contributed by atoms with Crippen LogP contribution in [-0.4, -0.2) is 23.8 Å². The molecule has 0 bridgehead atoms. The third kappa shape index (κ3) is 3.58. The van der Waals surface area contributed by atoms with Gasteiger partial charge >= 0.3 is 5.97 Å². The summed E-state index contributed by atoms with van der Waals surface area (Å²) in [6, 6.07) is 12.6. The van der Waals surface area contributed by atoms with Crippen molar-refractivity contribution in [2.75, 3.05) is 13.2 Å². The number of esters is 1. The predicted octanol–water partition coefficient (Wildman–Crippen LogP) is 4.14. The molecule has 132 valence electrons. The predicted molar refractivity (Wildman–Crippen MR) is 94.7 cm³/mol. The molecule has 2 aromatic heterocycles. The number of carbonyl (C=O) groups is 1. The van der Waals surface area contributed by atoms with Gasteiger partial charge in [-0.15, -0.1) is 0 Å². The summed E-state index contributed by atoms with van der Waals surface area (Å²) in [4.78, 5) is 12.4. The van der Waals surface area contributed by atoms with E-state index in [0.29, 0.717) is 16.5 Å². The van der Waals surface area contributed by atoms with Gasteiger partial charge in [0.25, 0.3) is 0 Å². The van der Waals surface area contributed by atoms with Crippen LogP contribution >= 0.6 is 11.6 Å². The minimum absolute atomic E-state index is 0.0123. The maximum atomic E-state index is 12.4. The van der Waals surface area contributed by atoms with Gasteiger partial charge in [0.15, 0.2) is 0 Å². The summed E-state index contributed by atoms with van der Waals surface area (Å²) < 4.78 is 17.9. The number of furan rings is 1. The van der Waals surface area contributed by atoms with Crippen LogP contribution < -0.4 is 4.74 Å². The van der Waals surface area contributed by atoms with E-state index in [1.807, 2.05) is 6.07 Å². The Labute approximate surface area is 155 Å². The maximum absolute atomic E-state index is 12.4. The van der Waals surface area contributed by atoms with Crippen LogP contribution in [0.5, 0.6) is 5.75 Å². The van der Waals surface area contributed by atoms with E-state index in [4.69, 9.17) is 25.5 Å². The highest BCUT2D eigenvalue weighted by atomic mass is 35.5. The molecule has 3 rings (SSSR count). The minimum Gasteiger partial charge on any atom is -0.488 e. The van der Waals surface area contributed by atoms with Crippen LogP contribution in [0.4, 0.5) is 0 Å². The van der Waals surface area contributed by atoms with E-state index in [1.54, 1.807) is 60.3 Å². The van der Waals surface area contributed by atoms with Gasteiger partial charge in [-0.3, -0.25) is 4.57 Å². The summed E-state index contributed by atoms with van der Waals surface area (Å²) in [7, 11) is 0. The molecule has 0 aliphatic rings. The standard InChI is InChI=1S/C19H15ClN2O4/c1-13-17(14(12-21)18(26-13)22-8-4-5-9-22)19(23)25-11-10-24-16-7-3-2-6-15(16)20/h2-9H,10-11H2,1H3. The van der Waals surface area contributed by atoms with Crippen molar-refractivity contribution in [3.05, 3.63) is 70.7 Å². The van der Waals surface area contributed by atoms with Crippen molar-refractivity contribution >= 4 is 17.6 Å². The Kier molecular flexibility index (Phi) is 5.30. The first-order valence-corrected chi connectivity index (χ1v) is 8.21. The minimum atomic E-state index is -0.635. The number of aryl methyl sites for hydroxylation is 1. The Morgan fingerprint density at radius 2 is 1.96 bits per heavy atom. The molecule has 0 N–H and O–H groups in total. The number of nitrogens with zero attached hydrogens (tertiary/aromatic N) is 2. The van der Waals surface area contributed by atoms with E-state index < -0.39 is 5.97 Å². The first-order valence-electron chi connectivity index (χ1n) is 7.83. The molecule has 3 aromatic rings. The van der Waals surface area contributed by atoms with Crippen molar-refractivity contribution in [2.24, 2.45) is 0 Å². The Balaban J connectivity index is 1.67. The first kappa shape index (κ1) is 17.6. The lowest BCUT2D eigenvalue weighted by atomic mass is 10.1. The number of hydrogen-bond acceptors (Lipinski definition) is 5. The summed E-state index contributed by atoms with van der Waals surface area (Å²) in [5.74, 6) is 0.484. The zero-order valence-electron chi connectivity index (χ0n) is 13.9. The molecule has 0 saturated carbocycles. The number of nitriles is 1. The van der Waals surface area contributed by atoms with Gasteiger partial charge in [0.2, 0.25) is 5.88 Å². The highest BCUT2D eigenvalue weighted by Gasteiger charge is 2.25. The molecule has 0 saturated heterocycles. The lowest BCUT2D eigenvalue weighted by molar-refractivity contribution is 0.0448. The van der Waals surface area contributed by atoms with Gasteiger partial charge in [0.05, 0.1) is 5.02 Å². The Morgan fingerprint density at radius 3 is 2.65 bits per heavy atom. The molecule has 0 aliphatic heterocycles. The Hall–Kier alpha value is -3.17. The van der Waals surface area contributed by atoms with Crippen molar-refractivity contribution in [2.45, 2.75) is 6.92 Å². The van der Waals surface area contributed by atoms with E-state index in [0.717, 1.165) is 0 Å². The van der Waals surface area contributed by atoms with Crippen LogP contribution in [0.2, 0.25) is 5.02 Å². The molecule has 2 heterocycles. The van der Waals surface area contributed by atoms with Crippen molar-refractivity contribution in [3.8, 4) is 17.7 Å². The monoisotopic (exact) mass is 370 g/mol. The van der Waals surface area contributed by atoms with Crippen molar-refractivity contribution in [1.29, 1.82) is 5.26 Å². The summed E-state index contributed by atoms with van der Waals surface area (Å²) in [5, 5.41) is 9.92. The fourth-order valence-electron chi connectivity index (χ4n) is 2.45. The van der Waals surface area contributed by atoms with E-state index >= 15 is 0 Å². The van der Waals surface area contributed by atoms with E-state index in [1.165, 1.54) is 0 Å². The van der Waals surface area contributed by atoms with Gasteiger partial charge in [-0.05, 0) is 31.2 Å². The smallest absolute Gasteiger partial charge is 0.343 e. The zero-order valence-corrected chi connectivity index (χ0v) is 14.7. The number of para-hydroxylation sites is 1. The Bertz CT molecular complexity index is 955. The fraction of sp³-hybridized carbons (Fsp3) is 0.158. The Morgan fingerprint density at radius 1 is 1.23 bits per heavy atom. The van der Waals surface area contributed by atoms with Crippen LogP contribution in [-0.2, 0) is 4.74 Å². The molecule has 0 fully saturated rings. The molecule has 0 amide bonds. The number of aromatic nitrogens is 1. The molecule has 0 spiro atoms. The van der Waals surface area contributed by atoms with Gasteiger partial charge in [0, 0.05) is 12.4 Å². The number of rotatable bonds is 6. The number of halogens is 1. The molecular weight excluding hydrogens is 356 g/mol. The molecule has 0 atom stereocenters.